The van der Waals surface area contributed by atoms with Crippen LogP contribution in [0.25, 0.3) is 0 Å². The van der Waals surface area contributed by atoms with Gasteiger partial charge in [-0.05, 0) is 30.7 Å². The summed E-state index contributed by atoms with van der Waals surface area (Å²) in [5, 5.41) is 3.27. The van der Waals surface area contributed by atoms with Crippen LogP contribution in [0.2, 0.25) is 0 Å². The first kappa shape index (κ1) is 20.4. The number of aromatic nitrogens is 3. The number of nitrogens with one attached hydrogen (secondary N) is 1. The fourth-order valence-corrected chi connectivity index (χ4v) is 2.28. The number of pyridine rings is 1. The molecule has 0 unspecified atom stereocenters. The lowest BCUT2D eigenvalue weighted by Gasteiger charge is -2.10. The van der Waals surface area contributed by atoms with E-state index < -0.39 is 0 Å². The van der Waals surface area contributed by atoms with Gasteiger partial charge in [-0.3, -0.25) is 4.98 Å². The van der Waals surface area contributed by atoms with E-state index in [1.54, 1.807) is 18.5 Å². The molecule has 0 spiro atoms. The third-order valence-corrected chi connectivity index (χ3v) is 3.57. The molecule has 0 amide bonds. The first-order valence-corrected chi connectivity index (χ1v) is 7.60. The zero-order chi connectivity index (χ0) is 16.1. The van der Waals surface area contributed by atoms with Gasteiger partial charge < -0.3 is 21.0 Å². The number of anilines is 1. The van der Waals surface area contributed by atoms with Crippen molar-refractivity contribution in [3.8, 4) is 11.8 Å². The molecule has 8 heteroatoms. The molecule has 3 rings (SSSR count). The van der Waals surface area contributed by atoms with Gasteiger partial charge in [0.25, 0.3) is 0 Å². The quantitative estimate of drug-likeness (QED) is 0.675. The van der Waals surface area contributed by atoms with Crippen LogP contribution in [0.5, 0.6) is 11.8 Å². The van der Waals surface area contributed by atoms with Gasteiger partial charge in [-0.2, -0.15) is 4.98 Å². The number of nitrogens with zero attached hydrogens (tertiary/aromatic N) is 3. The Morgan fingerprint density at radius 1 is 1.08 bits per heavy atom. The fraction of sp³-hybridized carbons (Fsp3) is 0.118. The van der Waals surface area contributed by atoms with Crippen LogP contribution in [0.3, 0.4) is 0 Å². The molecule has 0 fully saturated rings. The summed E-state index contributed by atoms with van der Waals surface area (Å²) in [6, 6.07) is 13.7. The van der Waals surface area contributed by atoms with E-state index in [1.807, 2.05) is 43.3 Å². The van der Waals surface area contributed by atoms with E-state index >= 15 is 0 Å². The zero-order valence-corrected chi connectivity index (χ0v) is 14.5. The minimum atomic E-state index is 0. The third-order valence-electron chi connectivity index (χ3n) is 3.13. The van der Waals surface area contributed by atoms with E-state index in [-0.39, 0.29) is 11.0 Å². The minimum Gasteiger partial charge on any atom is -0.423 e. The summed E-state index contributed by atoms with van der Waals surface area (Å²) in [6.45, 7) is 2.53. The van der Waals surface area contributed by atoms with Gasteiger partial charge in [0.1, 0.15) is 11.6 Å². The number of hydrogen-bond donors (Lipinski definition) is 2. The van der Waals surface area contributed by atoms with E-state index in [0.717, 1.165) is 16.2 Å². The second-order valence-electron chi connectivity index (χ2n) is 4.95. The van der Waals surface area contributed by atoms with Crippen molar-refractivity contribution in [1.29, 1.82) is 0 Å². The normalized spacial score (nSPS) is 9.52. The summed E-state index contributed by atoms with van der Waals surface area (Å²) >= 11 is 4.45. The third kappa shape index (κ3) is 5.71. The lowest BCUT2D eigenvalue weighted by Crippen LogP contribution is -2.04. The summed E-state index contributed by atoms with van der Waals surface area (Å²) in [4.78, 5) is 13.6. The maximum absolute atomic E-state index is 5.64. The molecule has 0 saturated carbocycles. The lowest BCUT2D eigenvalue weighted by atomic mass is 10.2. The molecular formula is C17H20N4O3S. The Balaban J connectivity index is 0.00000156. The summed E-state index contributed by atoms with van der Waals surface area (Å²) in [6.07, 6.45) is 3.31. The molecule has 2 heterocycles. The Morgan fingerprint density at radius 2 is 1.88 bits per heavy atom. The van der Waals surface area contributed by atoms with Gasteiger partial charge in [-0.1, -0.05) is 18.2 Å². The second kappa shape index (κ2) is 9.58. The van der Waals surface area contributed by atoms with Gasteiger partial charge in [0.05, 0.1) is 6.20 Å². The molecule has 0 radical (unpaired) electrons. The molecule has 1 aromatic carbocycles. The van der Waals surface area contributed by atoms with Gasteiger partial charge >= 0.3 is 6.01 Å². The molecule has 2 aromatic heterocycles. The smallest absolute Gasteiger partial charge is 0.324 e. The van der Waals surface area contributed by atoms with Gasteiger partial charge in [-0.25, -0.2) is 4.98 Å². The molecule has 0 aliphatic rings. The Morgan fingerprint density at radius 3 is 2.60 bits per heavy atom. The molecule has 3 aromatic rings. The standard InChI is InChI=1S/C17H16N4OS.2H2O/c1-12-9-16(19-10-13-5-2-3-7-15(13)23)21-17(20-12)22-14-6-4-8-18-11-14;;/h2-9,11,23H,10H2,1H3,(H,19,20,21);2*1H2. The predicted molar refractivity (Wildman–Crippen MR) is 99.3 cm³/mol. The Kier molecular flexibility index (Phi) is 7.80. The summed E-state index contributed by atoms with van der Waals surface area (Å²) in [7, 11) is 0. The van der Waals surface area contributed by atoms with E-state index in [4.69, 9.17) is 4.74 Å². The molecule has 0 aliphatic carbocycles. The van der Waals surface area contributed by atoms with Crippen LogP contribution in [0.1, 0.15) is 11.3 Å². The van der Waals surface area contributed by atoms with Crippen LogP contribution < -0.4 is 10.1 Å². The summed E-state index contributed by atoms with van der Waals surface area (Å²) in [5.41, 5.74) is 1.92. The second-order valence-corrected chi connectivity index (χ2v) is 5.43. The lowest BCUT2D eigenvalue weighted by molar-refractivity contribution is 0.439. The van der Waals surface area contributed by atoms with Crippen LogP contribution in [0.4, 0.5) is 5.82 Å². The average Bonchev–Trinajstić information content (AvgIpc) is 2.54. The van der Waals surface area contributed by atoms with Crippen molar-refractivity contribution in [2.45, 2.75) is 18.4 Å². The number of thiol groups is 1. The average molecular weight is 360 g/mol. The Labute approximate surface area is 151 Å². The topological polar surface area (TPSA) is 123 Å². The molecule has 7 nitrogen and oxygen atoms in total. The van der Waals surface area contributed by atoms with Crippen molar-refractivity contribution in [3.63, 3.8) is 0 Å². The number of hydrogen-bond acceptors (Lipinski definition) is 6. The molecule has 0 bridgehead atoms. The molecule has 0 aliphatic heterocycles. The summed E-state index contributed by atoms with van der Waals surface area (Å²) in [5.74, 6) is 1.30. The van der Waals surface area contributed by atoms with Crippen LogP contribution >= 0.6 is 12.6 Å². The minimum absolute atomic E-state index is 0. The van der Waals surface area contributed by atoms with E-state index in [2.05, 4.69) is 32.9 Å². The van der Waals surface area contributed by atoms with Crippen LogP contribution in [0.15, 0.2) is 59.8 Å². The van der Waals surface area contributed by atoms with Crippen LogP contribution in [0, 0.1) is 6.92 Å². The molecule has 0 saturated heterocycles. The van der Waals surface area contributed by atoms with Crippen molar-refractivity contribution < 1.29 is 15.7 Å². The maximum atomic E-state index is 5.64. The highest BCUT2D eigenvalue weighted by Gasteiger charge is 2.06. The van der Waals surface area contributed by atoms with E-state index in [9.17, 15) is 0 Å². The van der Waals surface area contributed by atoms with Gasteiger partial charge in [-0.15, -0.1) is 12.6 Å². The highest BCUT2D eigenvalue weighted by atomic mass is 32.1. The molecular weight excluding hydrogens is 340 g/mol. The zero-order valence-electron chi connectivity index (χ0n) is 13.6. The van der Waals surface area contributed by atoms with E-state index in [0.29, 0.717) is 24.1 Å². The van der Waals surface area contributed by atoms with Crippen LogP contribution in [-0.2, 0) is 6.54 Å². The molecule has 25 heavy (non-hydrogen) atoms. The van der Waals surface area contributed by atoms with Gasteiger partial charge in [0.2, 0.25) is 0 Å². The van der Waals surface area contributed by atoms with Crippen LogP contribution in [-0.4, -0.2) is 25.9 Å². The number of ether oxygens (including phenoxy) is 1. The van der Waals surface area contributed by atoms with Crippen molar-refractivity contribution in [2.24, 2.45) is 0 Å². The number of benzene rings is 1. The van der Waals surface area contributed by atoms with Crippen molar-refractivity contribution >= 4 is 18.4 Å². The predicted octanol–water partition coefficient (Wildman–Crippen LogP) is 2.22. The first-order valence-electron chi connectivity index (χ1n) is 7.15. The number of rotatable bonds is 5. The fourth-order valence-electron chi connectivity index (χ4n) is 2.04. The molecule has 5 N–H and O–H groups in total. The Bertz CT molecular complexity index is 803. The first-order chi connectivity index (χ1) is 11.2. The summed E-state index contributed by atoms with van der Waals surface area (Å²) < 4.78 is 5.64. The Hall–Kier alpha value is -2.68. The highest BCUT2D eigenvalue weighted by molar-refractivity contribution is 7.80. The van der Waals surface area contributed by atoms with Gasteiger partial charge in [0, 0.05) is 29.4 Å². The highest BCUT2D eigenvalue weighted by Crippen LogP contribution is 2.20. The van der Waals surface area contributed by atoms with Gasteiger partial charge in [0.15, 0.2) is 0 Å². The van der Waals surface area contributed by atoms with Crippen molar-refractivity contribution in [3.05, 3.63) is 66.1 Å². The molecule has 132 valence electrons. The SMILES string of the molecule is Cc1cc(NCc2ccccc2S)nc(Oc2cccnc2)n1.O.O. The monoisotopic (exact) mass is 360 g/mol. The van der Waals surface area contributed by atoms with Crippen molar-refractivity contribution in [1.82, 2.24) is 15.0 Å². The molecule has 0 atom stereocenters. The van der Waals surface area contributed by atoms with E-state index in [1.165, 1.54) is 0 Å². The maximum Gasteiger partial charge on any atom is 0.324 e. The van der Waals surface area contributed by atoms with Crippen molar-refractivity contribution in [2.75, 3.05) is 5.32 Å². The number of aryl methyl sites for hydroxylation is 1. The largest absolute Gasteiger partial charge is 0.423 e.